The predicted molar refractivity (Wildman–Crippen MR) is 104 cm³/mol. The summed E-state index contributed by atoms with van der Waals surface area (Å²) in [5.41, 5.74) is 4.37. The molecule has 5 aromatic rings. The molecule has 5 rings (SSSR count). The van der Waals surface area contributed by atoms with Crippen molar-refractivity contribution in [2.24, 2.45) is 0 Å². The van der Waals surface area contributed by atoms with E-state index in [1.165, 1.54) is 0 Å². The van der Waals surface area contributed by atoms with Gasteiger partial charge in [-0.1, -0.05) is 24.3 Å². The fraction of sp³-hybridized carbons (Fsp3) is 0.0476. The van der Waals surface area contributed by atoms with Gasteiger partial charge in [0.25, 0.3) is 5.56 Å². The number of hydrogen-bond acceptors (Lipinski definition) is 4. The van der Waals surface area contributed by atoms with Gasteiger partial charge in [-0.25, -0.2) is 15.0 Å². The summed E-state index contributed by atoms with van der Waals surface area (Å²) in [5, 5.41) is 0.526. The maximum Gasteiger partial charge on any atom is 0.263 e. The lowest BCUT2D eigenvalue weighted by molar-refractivity contribution is 0.747. The lowest BCUT2D eigenvalue weighted by atomic mass is 10.1. The minimum atomic E-state index is -0.0895. The van der Waals surface area contributed by atoms with Crippen LogP contribution in [0.15, 0.2) is 84.3 Å². The van der Waals surface area contributed by atoms with E-state index < -0.39 is 0 Å². The molecule has 0 aliphatic rings. The second kappa shape index (κ2) is 6.17. The third-order valence-corrected chi connectivity index (χ3v) is 4.59. The van der Waals surface area contributed by atoms with Crippen molar-refractivity contribution in [3.8, 4) is 11.3 Å². The Hall–Kier alpha value is -3.80. The third kappa shape index (κ3) is 2.67. The van der Waals surface area contributed by atoms with Gasteiger partial charge in [0.15, 0.2) is 5.65 Å². The van der Waals surface area contributed by atoms with Gasteiger partial charge in [-0.3, -0.25) is 13.8 Å². The van der Waals surface area contributed by atoms with E-state index in [4.69, 9.17) is 0 Å². The molecule has 6 heteroatoms. The normalized spacial score (nSPS) is 11.3. The van der Waals surface area contributed by atoms with E-state index in [1.807, 2.05) is 48.8 Å². The SMILES string of the molecule is O=c1c2cccnc2ncn1Cc1cccc(-c2cnc3ccccn23)c1. The molecule has 0 saturated heterocycles. The predicted octanol–water partition coefficient (Wildman–Crippen LogP) is 3.15. The van der Waals surface area contributed by atoms with Crippen LogP contribution in [0.4, 0.5) is 0 Å². The summed E-state index contributed by atoms with van der Waals surface area (Å²) in [6.45, 7) is 0.446. The smallest absolute Gasteiger partial charge is 0.263 e. The Balaban J connectivity index is 1.55. The summed E-state index contributed by atoms with van der Waals surface area (Å²) in [6.07, 6.45) is 7.05. The molecule has 4 heterocycles. The van der Waals surface area contributed by atoms with Crippen LogP contribution in [0, 0.1) is 0 Å². The van der Waals surface area contributed by atoms with Crippen molar-refractivity contribution >= 4 is 16.7 Å². The van der Waals surface area contributed by atoms with Crippen molar-refractivity contribution in [1.29, 1.82) is 0 Å². The quantitative estimate of drug-likeness (QED) is 0.500. The maximum atomic E-state index is 12.7. The van der Waals surface area contributed by atoms with E-state index in [-0.39, 0.29) is 5.56 Å². The molecule has 0 bridgehead atoms. The Labute approximate surface area is 154 Å². The average Bonchev–Trinajstić information content (AvgIpc) is 3.15. The van der Waals surface area contributed by atoms with Crippen molar-refractivity contribution in [1.82, 2.24) is 23.9 Å². The van der Waals surface area contributed by atoms with Crippen LogP contribution in [-0.2, 0) is 6.54 Å². The number of imidazole rings is 1. The molecule has 0 spiro atoms. The highest BCUT2D eigenvalue weighted by atomic mass is 16.1. The summed E-state index contributed by atoms with van der Waals surface area (Å²) in [5.74, 6) is 0. The zero-order valence-electron chi connectivity index (χ0n) is 14.4. The molecule has 6 nitrogen and oxygen atoms in total. The summed E-state index contributed by atoms with van der Waals surface area (Å²) in [4.78, 5) is 25.6. The first-order valence-corrected chi connectivity index (χ1v) is 8.61. The van der Waals surface area contributed by atoms with Crippen molar-refractivity contribution in [3.63, 3.8) is 0 Å². The molecule has 0 aliphatic carbocycles. The van der Waals surface area contributed by atoms with Crippen molar-refractivity contribution < 1.29 is 0 Å². The maximum absolute atomic E-state index is 12.7. The van der Waals surface area contributed by atoms with E-state index in [0.717, 1.165) is 22.5 Å². The lowest BCUT2D eigenvalue weighted by Gasteiger charge is -2.08. The average molecular weight is 353 g/mol. The number of pyridine rings is 2. The van der Waals surface area contributed by atoms with Gasteiger partial charge in [0.1, 0.15) is 12.0 Å². The number of fused-ring (bicyclic) bond motifs is 2. The van der Waals surface area contributed by atoms with Gasteiger partial charge in [-0.05, 0) is 35.9 Å². The molecule has 0 saturated carbocycles. The first-order valence-electron chi connectivity index (χ1n) is 8.61. The molecular weight excluding hydrogens is 338 g/mol. The molecule has 0 fully saturated rings. The number of aromatic nitrogens is 5. The highest BCUT2D eigenvalue weighted by Gasteiger charge is 2.08. The first-order chi connectivity index (χ1) is 13.3. The van der Waals surface area contributed by atoms with Crippen LogP contribution in [0.5, 0.6) is 0 Å². The van der Waals surface area contributed by atoms with Crippen LogP contribution in [-0.4, -0.2) is 23.9 Å². The fourth-order valence-corrected chi connectivity index (χ4v) is 3.28. The van der Waals surface area contributed by atoms with Gasteiger partial charge >= 0.3 is 0 Å². The minimum Gasteiger partial charge on any atom is -0.300 e. The van der Waals surface area contributed by atoms with Gasteiger partial charge in [-0.15, -0.1) is 0 Å². The van der Waals surface area contributed by atoms with Gasteiger partial charge in [0.05, 0.1) is 23.8 Å². The van der Waals surface area contributed by atoms with Crippen molar-refractivity contribution in [3.05, 3.63) is 95.4 Å². The molecule has 0 unspecified atom stereocenters. The van der Waals surface area contributed by atoms with Crippen LogP contribution in [0.1, 0.15) is 5.56 Å². The second-order valence-electron chi connectivity index (χ2n) is 6.32. The monoisotopic (exact) mass is 353 g/mol. The van der Waals surface area contributed by atoms with Gasteiger partial charge < -0.3 is 0 Å². The lowest BCUT2D eigenvalue weighted by Crippen LogP contribution is -2.21. The Morgan fingerprint density at radius 1 is 0.926 bits per heavy atom. The van der Waals surface area contributed by atoms with E-state index in [1.54, 1.807) is 29.2 Å². The van der Waals surface area contributed by atoms with Gasteiger partial charge in [0, 0.05) is 18.0 Å². The summed E-state index contributed by atoms with van der Waals surface area (Å²) >= 11 is 0. The van der Waals surface area contributed by atoms with E-state index >= 15 is 0 Å². The van der Waals surface area contributed by atoms with Crippen LogP contribution >= 0.6 is 0 Å². The summed E-state index contributed by atoms with van der Waals surface area (Å²) < 4.78 is 3.66. The zero-order valence-corrected chi connectivity index (χ0v) is 14.4. The molecular formula is C21H15N5O. The largest absolute Gasteiger partial charge is 0.300 e. The Bertz CT molecular complexity index is 1340. The fourth-order valence-electron chi connectivity index (χ4n) is 3.28. The highest BCUT2D eigenvalue weighted by molar-refractivity contribution is 5.72. The van der Waals surface area contributed by atoms with Crippen LogP contribution in [0.25, 0.3) is 27.9 Å². The summed E-state index contributed by atoms with van der Waals surface area (Å²) in [6, 6.07) is 17.6. The van der Waals surface area contributed by atoms with Crippen LogP contribution in [0.3, 0.4) is 0 Å². The standard InChI is InChI=1S/C21H15N5O/c27-21-17-7-4-9-22-20(17)24-14-25(21)13-15-5-3-6-16(11-15)18-12-23-19-8-1-2-10-26(18)19/h1-12,14H,13H2. The third-order valence-electron chi connectivity index (χ3n) is 4.59. The molecule has 0 amide bonds. The minimum absolute atomic E-state index is 0.0895. The number of hydrogen-bond donors (Lipinski definition) is 0. The molecule has 0 aliphatic heterocycles. The molecule has 0 radical (unpaired) electrons. The Morgan fingerprint density at radius 3 is 2.85 bits per heavy atom. The Kier molecular flexibility index (Phi) is 3.53. The van der Waals surface area contributed by atoms with Crippen LogP contribution < -0.4 is 5.56 Å². The van der Waals surface area contributed by atoms with Gasteiger partial charge in [0.2, 0.25) is 0 Å². The van der Waals surface area contributed by atoms with E-state index in [2.05, 4.69) is 25.4 Å². The molecule has 1 aromatic carbocycles. The van der Waals surface area contributed by atoms with Crippen molar-refractivity contribution in [2.75, 3.05) is 0 Å². The van der Waals surface area contributed by atoms with Gasteiger partial charge in [-0.2, -0.15) is 0 Å². The van der Waals surface area contributed by atoms with E-state index in [9.17, 15) is 4.79 Å². The molecule has 27 heavy (non-hydrogen) atoms. The number of rotatable bonds is 3. The van der Waals surface area contributed by atoms with Crippen molar-refractivity contribution in [2.45, 2.75) is 6.54 Å². The highest BCUT2D eigenvalue weighted by Crippen LogP contribution is 2.22. The van der Waals surface area contributed by atoms with E-state index in [0.29, 0.717) is 17.6 Å². The Morgan fingerprint density at radius 2 is 1.89 bits per heavy atom. The number of nitrogens with zero attached hydrogens (tertiary/aromatic N) is 5. The zero-order chi connectivity index (χ0) is 18.2. The molecule has 130 valence electrons. The summed E-state index contributed by atoms with van der Waals surface area (Å²) in [7, 11) is 0. The molecule has 4 aromatic heterocycles. The molecule has 0 N–H and O–H groups in total. The molecule has 0 atom stereocenters. The number of benzene rings is 1. The second-order valence-corrected chi connectivity index (χ2v) is 6.32. The van der Waals surface area contributed by atoms with Crippen LogP contribution in [0.2, 0.25) is 0 Å². The first kappa shape index (κ1) is 15.5. The topological polar surface area (TPSA) is 65.1 Å².